The maximum atomic E-state index is 11.4. The van der Waals surface area contributed by atoms with Gasteiger partial charge in [-0.2, -0.15) is 0 Å². The summed E-state index contributed by atoms with van der Waals surface area (Å²) in [7, 11) is 1.57. The van der Waals surface area contributed by atoms with Crippen LogP contribution in [0.3, 0.4) is 0 Å². The summed E-state index contributed by atoms with van der Waals surface area (Å²) in [5, 5.41) is 7.93. The van der Waals surface area contributed by atoms with Gasteiger partial charge in [0.25, 0.3) is 5.19 Å². The van der Waals surface area contributed by atoms with E-state index in [4.69, 9.17) is 14.2 Å². The molecule has 0 aliphatic rings. The van der Waals surface area contributed by atoms with E-state index in [1.54, 1.807) is 38.3 Å². The molecule has 2 rings (SSSR count). The summed E-state index contributed by atoms with van der Waals surface area (Å²) in [4.78, 5) is 11.4. The number of hydrogen-bond donors (Lipinski definition) is 0. The van der Waals surface area contributed by atoms with Gasteiger partial charge in [-0.05, 0) is 30.4 Å². The highest BCUT2D eigenvalue weighted by atomic mass is 32.1. The summed E-state index contributed by atoms with van der Waals surface area (Å²) >= 11 is 1.03. The van der Waals surface area contributed by atoms with Gasteiger partial charge in [-0.25, -0.2) is 4.79 Å². The van der Waals surface area contributed by atoms with Crippen LogP contribution in [0.4, 0.5) is 0 Å². The van der Waals surface area contributed by atoms with Gasteiger partial charge >= 0.3 is 5.97 Å². The number of benzene rings is 1. The quantitative estimate of drug-likeness (QED) is 0.784. The molecule has 1 aromatic heterocycles. The van der Waals surface area contributed by atoms with Gasteiger partial charge in [0.15, 0.2) is 0 Å². The van der Waals surface area contributed by atoms with Crippen LogP contribution in [-0.4, -0.2) is 29.9 Å². The molecule has 0 fully saturated rings. The van der Waals surface area contributed by atoms with Gasteiger partial charge in [0.05, 0.1) is 13.7 Å². The summed E-state index contributed by atoms with van der Waals surface area (Å²) in [5.74, 6) is 0.735. The molecule has 0 N–H and O–H groups in total. The Hall–Kier alpha value is -2.15. The average molecular weight is 280 g/mol. The van der Waals surface area contributed by atoms with Gasteiger partial charge in [-0.15, -0.1) is 5.10 Å². The van der Waals surface area contributed by atoms with Gasteiger partial charge in [0.1, 0.15) is 11.5 Å². The number of carbonyl (C=O) groups is 1. The Morgan fingerprint density at radius 2 is 2.11 bits per heavy atom. The lowest BCUT2D eigenvalue weighted by atomic mass is 10.3. The van der Waals surface area contributed by atoms with Gasteiger partial charge < -0.3 is 14.2 Å². The molecule has 0 saturated heterocycles. The van der Waals surface area contributed by atoms with Crippen LogP contribution in [0.5, 0.6) is 16.7 Å². The second-order valence-corrected chi connectivity index (χ2v) is 4.31. The Morgan fingerprint density at radius 1 is 1.32 bits per heavy atom. The number of carbonyl (C=O) groups excluding carboxylic acids is 1. The lowest BCUT2D eigenvalue weighted by Crippen LogP contribution is -2.03. The Kier molecular flexibility index (Phi) is 4.30. The zero-order chi connectivity index (χ0) is 13.7. The highest BCUT2D eigenvalue weighted by Gasteiger charge is 2.14. The fraction of sp³-hybridized carbons (Fsp3) is 0.250. The molecule has 1 aromatic carbocycles. The fourth-order valence-corrected chi connectivity index (χ4v) is 1.90. The van der Waals surface area contributed by atoms with Gasteiger partial charge in [-0.3, -0.25) is 0 Å². The molecule has 0 amide bonds. The standard InChI is InChI=1S/C12H12N2O4S/c1-3-17-11(15)10-13-14-12(19-10)18-9-6-4-5-8(7-9)16-2/h4-7H,3H2,1-2H3. The summed E-state index contributed by atoms with van der Waals surface area (Å²) < 4.78 is 15.4. The monoisotopic (exact) mass is 280 g/mol. The molecule has 7 heteroatoms. The first kappa shape index (κ1) is 13.3. The maximum absolute atomic E-state index is 11.4. The van der Waals surface area contributed by atoms with Gasteiger partial charge in [-0.1, -0.05) is 11.2 Å². The summed E-state index contributed by atoms with van der Waals surface area (Å²) in [6.45, 7) is 2.02. The van der Waals surface area contributed by atoms with E-state index in [0.29, 0.717) is 18.1 Å². The van der Waals surface area contributed by atoms with Crippen LogP contribution in [0.2, 0.25) is 0 Å². The van der Waals surface area contributed by atoms with Crippen molar-refractivity contribution in [1.29, 1.82) is 0 Å². The van der Waals surface area contributed by atoms with Crippen molar-refractivity contribution in [1.82, 2.24) is 10.2 Å². The average Bonchev–Trinajstić information content (AvgIpc) is 2.88. The van der Waals surface area contributed by atoms with Crippen LogP contribution in [0.15, 0.2) is 24.3 Å². The largest absolute Gasteiger partial charge is 0.497 e. The normalized spacial score (nSPS) is 10.0. The first-order chi connectivity index (χ1) is 9.22. The minimum absolute atomic E-state index is 0.166. The van der Waals surface area contributed by atoms with Crippen molar-refractivity contribution >= 4 is 17.3 Å². The number of rotatable bonds is 5. The Balaban J connectivity index is 2.09. The zero-order valence-corrected chi connectivity index (χ0v) is 11.3. The van der Waals surface area contributed by atoms with Crippen LogP contribution < -0.4 is 9.47 Å². The van der Waals surface area contributed by atoms with Crippen molar-refractivity contribution in [3.05, 3.63) is 29.3 Å². The number of ether oxygens (including phenoxy) is 3. The molecule has 0 radical (unpaired) electrons. The number of aromatic nitrogens is 2. The van der Waals surface area contributed by atoms with Crippen molar-refractivity contribution in [2.24, 2.45) is 0 Å². The lowest BCUT2D eigenvalue weighted by Gasteiger charge is -2.03. The smallest absolute Gasteiger partial charge is 0.369 e. The topological polar surface area (TPSA) is 70.5 Å². The van der Waals surface area contributed by atoms with Crippen LogP contribution in [0.25, 0.3) is 0 Å². The predicted octanol–water partition coefficient (Wildman–Crippen LogP) is 2.52. The van der Waals surface area contributed by atoms with E-state index >= 15 is 0 Å². The summed E-state index contributed by atoms with van der Waals surface area (Å²) in [5.41, 5.74) is 0. The van der Waals surface area contributed by atoms with Gasteiger partial charge in [0.2, 0.25) is 5.01 Å². The number of hydrogen-bond acceptors (Lipinski definition) is 7. The molecule has 0 aliphatic carbocycles. The van der Waals surface area contributed by atoms with Crippen LogP contribution in [0, 0.1) is 0 Å². The van der Waals surface area contributed by atoms with E-state index in [1.807, 2.05) is 0 Å². The molecule has 6 nitrogen and oxygen atoms in total. The Bertz CT molecular complexity index is 570. The van der Waals surface area contributed by atoms with E-state index in [1.165, 1.54) is 0 Å². The molecule has 19 heavy (non-hydrogen) atoms. The molecule has 0 saturated carbocycles. The minimum atomic E-state index is -0.500. The van der Waals surface area contributed by atoms with Crippen molar-refractivity contribution in [2.45, 2.75) is 6.92 Å². The number of nitrogens with zero attached hydrogens (tertiary/aromatic N) is 2. The van der Waals surface area contributed by atoms with E-state index < -0.39 is 5.97 Å². The molecule has 100 valence electrons. The molecule has 1 heterocycles. The second kappa shape index (κ2) is 6.14. The fourth-order valence-electron chi connectivity index (χ4n) is 1.29. The van der Waals surface area contributed by atoms with Crippen molar-refractivity contribution in [3.8, 4) is 16.7 Å². The molecule has 0 unspecified atom stereocenters. The minimum Gasteiger partial charge on any atom is -0.497 e. The SMILES string of the molecule is CCOC(=O)c1nnc(Oc2cccc(OC)c2)s1. The third-order valence-electron chi connectivity index (χ3n) is 2.10. The first-order valence-electron chi connectivity index (χ1n) is 5.55. The lowest BCUT2D eigenvalue weighted by molar-refractivity contribution is 0.0525. The van der Waals surface area contributed by atoms with Crippen molar-refractivity contribution in [3.63, 3.8) is 0 Å². The van der Waals surface area contributed by atoms with E-state index in [2.05, 4.69) is 10.2 Å². The summed E-state index contributed by atoms with van der Waals surface area (Å²) in [6.07, 6.45) is 0. The molecular formula is C12H12N2O4S. The third-order valence-corrected chi connectivity index (χ3v) is 2.88. The Labute approximate surface area is 113 Å². The zero-order valence-electron chi connectivity index (χ0n) is 10.5. The van der Waals surface area contributed by atoms with Gasteiger partial charge in [0, 0.05) is 6.07 Å². The molecule has 0 aliphatic heterocycles. The molecule has 0 bridgehead atoms. The molecule has 2 aromatic rings. The van der Waals surface area contributed by atoms with Crippen molar-refractivity contribution in [2.75, 3.05) is 13.7 Å². The molecule has 0 atom stereocenters. The van der Waals surface area contributed by atoms with E-state index in [9.17, 15) is 4.79 Å². The molecular weight excluding hydrogens is 268 g/mol. The highest BCUT2D eigenvalue weighted by Crippen LogP contribution is 2.27. The maximum Gasteiger partial charge on any atom is 0.369 e. The summed E-state index contributed by atoms with van der Waals surface area (Å²) in [6, 6.07) is 7.07. The van der Waals surface area contributed by atoms with Crippen LogP contribution in [-0.2, 0) is 4.74 Å². The Morgan fingerprint density at radius 3 is 2.84 bits per heavy atom. The van der Waals surface area contributed by atoms with Crippen molar-refractivity contribution < 1.29 is 19.0 Å². The van der Waals surface area contributed by atoms with E-state index in [-0.39, 0.29) is 10.2 Å². The van der Waals surface area contributed by atoms with Crippen LogP contribution in [0.1, 0.15) is 16.7 Å². The first-order valence-corrected chi connectivity index (χ1v) is 6.37. The third kappa shape index (κ3) is 3.41. The highest BCUT2D eigenvalue weighted by molar-refractivity contribution is 7.14. The number of methoxy groups -OCH3 is 1. The second-order valence-electron chi connectivity index (χ2n) is 3.37. The predicted molar refractivity (Wildman–Crippen MR) is 68.9 cm³/mol. The van der Waals surface area contributed by atoms with E-state index in [0.717, 1.165) is 11.3 Å². The number of esters is 1. The van der Waals surface area contributed by atoms with Crippen LogP contribution >= 0.6 is 11.3 Å². The molecule has 0 spiro atoms.